The molecule has 0 amide bonds. The van der Waals surface area contributed by atoms with Gasteiger partial charge in [0.05, 0.1) is 17.2 Å². The van der Waals surface area contributed by atoms with E-state index in [1.54, 1.807) is 31.4 Å². The third-order valence-electron chi connectivity index (χ3n) is 2.73. The van der Waals surface area contributed by atoms with Crippen molar-refractivity contribution in [3.05, 3.63) is 69.7 Å². The number of carbonyl (C=O) groups excluding carboxylic acids is 1. The van der Waals surface area contributed by atoms with Crippen LogP contribution in [-0.2, 0) is 0 Å². The van der Waals surface area contributed by atoms with Crippen LogP contribution in [0, 0.1) is 0 Å². The number of hydrogen-bond donors (Lipinski definition) is 0. The van der Waals surface area contributed by atoms with Crippen LogP contribution in [0.3, 0.4) is 0 Å². The summed E-state index contributed by atoms with van der Waals surface area (Å²) in [6.07, 6.45) is 3.22. The molecule has 0 aliphatic heterocycles. The third-order valence-corrected chi connectivity index (χ3v) is 3.46. The summed E-state index contributed by atoms with van der Waals surface area (Å²) in [6.45, 7) is 0. The van der Waals surface area contributed by atoms with Crippen LogP contribution < -0.4 is 4.74 Å². The first-order valence-electron chi connectivity index (χ1n) is 5.91. The van der Waals surface area contributed by atoms with Crippen molar-refractivity contribution in [1.29, 1.82) is 0 Å². The van der Waals surface area contributed by atoms with Crippen molar-refractivity contribution >= 4 is 35.1 Å². The first-order valence-corrected chi connectivity index (χ1v) is 6.67. The first kappa shape index (κ1) is 14.6. The van der Waals surface area contributed by atoms with Crippen molar-refractivity contribution in [2.45, 2.75) is 0 Å². The fourth-order valence-electron chi connectivity index (χ4n) is 1.66. The average molecular weight is 307 g/mol. The Hall–Kier alpha value is -1.77. The van der Waals surface area contributed by atoms with E-state index in [4.69, 9.17) is 27.9 Å². The normalized spacial score (nSPS) is 10.8. The maximum absolute atomic E-state index is 12.0. The van der Waals surface area contributed by atoms with Crippen LogP contribution in [0.4, 0.5) is 0 Å². The second-order valence-electron chi connectivity index (χ2n) is 4.10. The highest BCUT2D eigenvalue weighted by atomic mass is 35.5. The van der Waals surface area contributed by atoms with Gasteiger partial charge in [0, 0.05) is 5.56 Å². The van der Waals surface area contributed by atoms with E-state index in [1.807, 2.05) is 24.3 Å². The molecule has 20 heavy (non-hydrogen) atoms. The predicted octanol–water partition coefficient (Wildman–Crippen LogP) is 4.90. The van der Waals surface area contributed by atoms with Crippen molar-refractivity contribution in [1.82, 2.24) is 0 Å². The second kappa shape index (κ2) is 6.60. The van der Waals surface area contributed by atoms with Gasteiger partial charge >= 0.3 is 0 Å². The largest absolute Gasteiger partial charge is 0.497 e. The standard InChI is InChI=1S/C16H12Cl2O2/c1-20-13-4-2-3-11(9-13)5-8-16(19)12-6-7-14(17)15(18)10-12/h2-10H,1H3. The van der Waals surface area contributed by atoms with Crippen molar-refractivity contribution < 1.29 is 9.53 Å². The Labute approximate surface area is 127 Å². The Morgan fingerprint density at radius 2 is 1.90 bits per heavy atom. The van der Waals surface area contributed by atoms with Crippen LogP contribution >= 0.6 is 23.2 Å². The van der Waals surface area contributed by atoms with Crippen LogP contribution in [0.15, 0.2) is 48.5 Å². The van der Waals surface area contributed by atoms with E-state index in [2.05, 4.69) is 0 Å². The molecular formula is C16H12Cl2O2. The van der Waals surface area contributed by atoms with E-state index in [1.165, 1.54) is 6.08 Å². The van der Waals surface area contributed by atoms with Crippen molar-refractivity contribution in [2.24, 2.45) is 0 Å². The molecule has 0 aliphatic rings. The molecule has 2 aromatic rings. The third kappa shape index (κ3) is 3.62. The monoisotopic (exact) mass is 306 g/mol. The summed E-state index contributed by atoms with van der Waals surface area (Å²) in [7, 11) is 1.60. The van der Waals surface area contributed by atoms with Crippen molar-refractivity contribution in [3.63, 3.8) is 0 Å². The maximum Gasteiger partial charge on any atom is 0.185 e. The summed E-state index contributed by atoms with van der Waals surface area (Å²) in [5.41, 5.74) is 1.39. The zero-order chi connectivity index (χ0) is 14.5. The Morgan fingerprint density at radius 1 is 1.10 bits per heavy atom. The van der Waals surface area contributed by atoms with Crippen LogP contribution in [0.2, 0.25) is 10.0 Å². The van der Waals surface area contributed by atoms with Gasteiger partial charge in [-0.1, -0.05) is 41.4 Å². The second-order valence-corrected chi connectivity index (χ2v) is 4.92. The van der Waals surface area contributed by atoms with E-state index in [0.717, 1.165) is 11.3 Å². The molecule has 4 heteroatoms. The van der Waals surface area contributed by atoms with Gasteiger partial charge in [0.2, 0.25) is 0 Å². The molecule has 102 valence electrons. The minimum absolute atomic E-state index is 0.133. The molecule has 0 unspecified atom stereocenters. The topological polar surface area (TPSA) is 26.3 Å². The molecule has 0 heterocycles. The molecule has 0 N–H and O–H groups in total. The Kier molecular flexibility index (Phi) is 4.83. The number of benzene rings is 2. The summed E-state index contributed by atoms with van der Waals surface area (Å²) < 4.78 is 5.12. The summed E-state index contributed by atoms with van der Waals surface area (Å²) in [5.74, 6) is 0.612. The predicted molar refractivity (Wildman–Crippen MR) is 82.8 cm³/mol. The van der Waals surface area contributed by atoms with Crippen LogP contribution in [0.1, 0.15) is 15.9 Å². The molecule has 0 radical (unpaired) electrons. The number of hydrogen-bond acceptors (Lipinski definition) is 2. The number of rotatable bonds is 4. The number of halogens is 2. The highest BCUT2D eigenvalue weighted by molar-refractivity contribution is 6.42. The Bertz CT molecular complexity index is 663. The van der Waals surface area contributed by atoms with E-state index in [0.29, 0.717) is 15.6 Å². The molecule has 2 aromatic carbocycles. The van der Waals surface area contributed by atoms with Gasteiger partial charge in [-0.05, 0) is 42.0 Å². The fraction of sp³-hybridized carbons (Fsp3) is 0.0625. The smallest absolute Gasteiger partial charge is 0.185 e. The summed E-state index contributed by atoms with van der Waals surface area (Å²) in [4.78, 5) is 12.0. The molecule has 0 aliphatic carbocycles. The van der Waals surface area contributed by atoms with Crippen molar-refractivity contribution in [3.8, 4) is 5.75 Å². The lowest BCUT2D eigenvalue weighted by atomic mass is 10.1. The number of ether oxygens (including phenoxy) is 1. The lowest BCUT2D eigenvalue weighted by Crippen LogP contribution is -1.93. The van der Waals surface area contributed by atoms with E-state index >= 15 is 0 Å². The molecule has 2 nitrogen and oxygen atoms in total. The summed E-state index contributed by atoms with van der Waals surface area (Å²) >= 11 is 11.7. The molecular weight excluding hydrogens is 295 g/mol. The van der Waals surface area contributed by atoms with Gasteiger partial charge in [0.25, 0.3) is 0 Å². The fourth-order valence-corrected chi connectivity index (χ4v) is 1.96. The van der Waals surface area contributed by atoms with Crippen molar-refractivity contribution in [2.75, 3.05) is 7.11 Å². The minimum Gasteiger partial charge on any atom is -0.497 e. The maximum atomic E-state index is 12.0. The van der Waals surface area contributed by atoms with Crippen LogP contribution in [0.5, 0.6) is 5.75 Å². The SMILES string of the molecule is COc1cccc(C=CC(=O)c2ccc(Cl)c(Cl)c2)c1. The molecule has 0 bridgehead atoms. The quantitative estimate of drug-likeness (QED) is 0.593. The van der Waals surface area contributed by atoms with Gasteiger partial charge in [-0.2, -0.15) is 0 Å². The van der Waals surface area contributed by atoms with E-state index in [9.17, 15) is 4.79 Å². The number of carbonyl (C=O) groups is 1. The van der Waals surface area contributed by atoms with Gasteiger partial charge in [0.1, 0.15) is 5.75 Å². The van der Waals surface area contributed by atoms with E-state index < -0.39 is 0 Å². The lowest BCUT2D eigenvalue weighted by Gasteiger charge is -2.01. The van der Waals surface area contributed by atoms with E-state index in [-0.39, 0.29) is 5.78 Å². The molecule has 0 saturated heterocycles. The molecule has 0 atom stereocenters. The van der Waals surface area contributed by atoms with Gasteiger partial charge in [0.15, 0.2) is 5.78 Å². The number of allylic oxidation sites excluding steroid dienone is 1. The molecule has 0 fully saturated rings. The lowest BCUT2D eigenvalue weighted by molar-refractivity contribution is 0.104. The molecule has 0 spiro atoms. The van der Waals surface area contributed by atoms with Gasteiger partial charge in [-0.15, -0.1) is 0 Å². The van der Waals surface area contributed by atoms with Crippen LogP contribution in [-0.4, -0.2) is 12.9 Å². The summed E-state index contributed by atoms with van der Waals surface area (Å²) in [5, 5.41) is 0.798. The average Bonchev–Trinajstić information content (AvgIpc) is 2.47. The van der Waals surface area contributed by atoms with Gasteiger partial charge < -0.3 is 4.74 Å². The molecule has 0 saturated carbocycles. The zero-order valence-electron chi connectivity index (χ0n) is 10.8. The molecule has 0 aromatic heterocycles. The number of ketones is 1. The highest BCUT2D eigenvalue weighted by Crippen LogP contribution is 2.23. The van der Waals surface area contributed by atoms with Gasteiger partial charge in [-0.25, -0.2) is 0 Å². The number of methoxy groups -OCH3 is 1. The van der Waals surface area contributed by atoms with Gasteiger partial charge in [-0.3, -0.25) is 4.79 Å². The Morgan fingerprint density at radius 3 is 2.60 bits per heavy atom. The Balaban J connectivity index is 2.17. The summed E-state index contributed by atoms with van der Waals surface area (Å²) in [6, 6.07) is 12.3. The molecule has 2 rings (SSSR count). The highest BCUT2D eigenvalue weighted by Gasteiger charge is 2.05. The zero-order valence-corrected chi connectivity index (χ0v) is 12.3. The van der Waals surface area contributed by atoms with Crippen LogP contribution in [0.25, 0.3) is 6.08 Å². The minimum atomic E-state index is -0.133. The first-order chi connectivity index (χ1) is 9.60.